The Bertz CT molecular complexity index is 685. The first-order valence-corrected chi connectivity index (χ1v) is 8.28. The third-order valence-electron chi connectivity index (χ3n) is 3.78. The summed E-state index contributed by atoms with van der Waals surface area (Å²) in [6.07, 6.45) is 1.46. The molecule has 1 N–H and O–H groups in total. The van der Waals surface area contributed by atoms with E-state index in [0.29, 0.717) is 13.1 Å². The van der Waals surface area contributed by atoms with Gasteiger partial charge in [0.05, 0.1) is 12.2 Å². The molecule has 7 heteroatoms. The average molecular weight is 306 g/mol. The first-order valence-electron chi connectivity index (χ1n) is 6.84. The smallest absolute Gasteiger partial charge is 0.260 e. The predicted molar refractivity (Wildman–Crippen MR) is 79.2 cm³/mol. The van der Waals surface area contributed by atoms with Crippen molar-refractivity contribution in [3.05, 3.63) is 48.2 Å². The van der Waals surface area contributed by atoms with Gasteiger partial charge in [-0.15, -0.1) is 0 Å². The molecule has 1 aromatic carbocycles. The number of hydrogen-bond donors (Lipinski definition) is 1. The molecular formula is C14H18N4O2S. The van der Waals surface area contributed by atoms with Crippen molar-refractivity contribution in [3.63, 3.8) is 0 Å². The molecule has 6 nitrogen and oxygen atoms in total. The van der Waals surface area contributed by atoms with E-state index in [-0.39, 0.29) is 11.1 Å². The molecule has 0 radical (unpaired) electrons. The Balaban J connectivity index is 1.99. The van der Waals surface area contributed by atoms with Gasteiger partial charge in [0.25, 0.3) is 10.0 Å². The van der Waals surface area contributed by atoms with E-state index in [4.69, 9.17) is 0 Å². The Labute approximate surface area is 124 Å². The minimum Gasteiger partial charge on any atom is -0.303 e. The van der Waals surface area contributed by atoms with Crippen molar-refractivity contribution >= 4 is 10.0 Å². The number of rotatable bonds is 3. The minimum atomic E-state index is -3.55. The van der Waals surface area contributed by atoms with Crippen LogP contribution in [-0.4, -0.2) is 54.5 Å². The van der Waals surface area contributed by atoms with E-state index >= 15 is 0 Å². The summed E-state index contributed by atoms with van der Waals surface area (Å²) in [6.45, 7) is 1.87. The second kappa shape index (κ2) is 5.59. The van der Waals surface area contributed by atoms with Gasteiger partial charge in [0.2, 0.25) is 0 Å². The number of likely N-dealkylation sites (N-methyl/N-ethyl adjacent to an activating group) is 1. The first-order chi connectivity index (χ1) is 10.1. The number of aromatic nitrogens is 2. The zero-order chi connectivity index (χ0) is 14.9. The van der Waals surface area contributed by atoms with E-state index in [9.17, 15) is 8.42 Å². The average Bonchev–Trinajstić information content (AvgIpc) is 3.03. The molecule has 0 saturated carbocycles. The Hall–Kier alpha value is -1.70. The molecular weight excluding hydrogens is 288 g/mol. The van der Waals surface area contributed by atoms with Crippen molar-refractivity contribution in [2.24, 2.45) is 0 Å². The molecule has 1 saturated heterocycles. The van der Waals surface area contributed by atoms with Gasteiger partial charge in [0.1, 0.15) is 0 Å². The van der Waals surface area contributed by atoms with Gasteiger partial charge < -0.3 is 4.90 Å². The molecule has 0 amide bonds. The number of aromatic amines is 1. The maximum absolute atomic E-state index is 12.8. The molecule has 112 valence electrons. The van der Waals surface area contributed by atoms with E-state index in [0.717, 1.165) is 12.1 Å². The summed E-state index contributed by atoms with van der Waals surface area (Å²) in [5.74, 6) is 0. The summed E-state index contributed by atoms with van der Waals surface area (Å²) in [6, 6.07) is 11.1. The van der Waals surface area contributed by atoms with Crippen LogP contribution in [0.15, 0.2) is 47.6 Å². The highest BCUT2D eigenvalue weighted by Gasteiger charge is 2.36. The zero-order valence-electron chi connectivity index (χ0n) is 11.8. The lowest BCUT2D eigenvalue weighted by Gasteiger charge is -2.38. The molecule has 0 bridgehead atoms. The number of nitrogens with zero attached hydrogens (tertiary/aromatic N) is 3. The Morgan fingerprint density at radius 3 is 2.62 bits per heavy atom. The van der Waals surface area contributed by atoms with Crippen LogP contribution < -0.4 is 0 Å². The third kappa shape index (κ3) is 2.72. The Morgan fingerprint density at radius 1 is 1.19 bits per heavy atom. The number of sulfonamides is 1. The van der Waals surface area contributed by atoms with Crippen LogP contribution in [0.4, 0.5) is 0 Å². The van der Waals surface area contributed by atoms with Crippen molar-refractivity contribution in [2.75, 3.05) is 26.7 Å². The van der Waals surface area contributed by atoms with Crippen LogP contribution in [0.1, 0.15) is 11.6 Å². The second-order valence-corrected chi connectivity index (χ2v) is 7.08. The van der Waals surface area contributed by atoms with Crippen molar-refractivity contribution in [2.45, 2.75) is 11.1 Å². The van der Waals surface area contributed by atoms with E-state index in [1.807, 2.05) is 37.4 Å². The largest absolute Gasteiger partial charge is 0.303 e. The van der Waals surface area contributed by atoms with Crippen molar-refractivity contribution in [3.8, 4) is 0 Å². The Kier molecular flexibility index (Phi) is 3.79. The monoisotopic (exact) mass is 306 g/mol. The highest BCUT2D eigenvalue weighted by Crippen LogP contribution is 2.29. The second-order valence-electron chi connectivity index (χ2n) is 5.23. The molecule has 0 aliphatic carbocycles. The lowest BCUT2D eigenvalue weighted by Crippen LogP contribution is -2.49. The summed E-state index contributed by atoms with van der Waals surface area (Å²) in [7, 11) is -1.54. The number of hydrogen-bond acceptors (Lipinski definition) is 4. The lowest BCUT2D eigenvalue weighted by atomic mass is 10.1. The molecule has 21 heavy (non-hydrogen) atoms. The summed E-state index contributed by atoms with van der Waals surface area (Å²) in [5.41, 5.74) is 1.01. The van der Waals surface area contributed by atoms with Gasteiger partial charge >= 0.3 is 0 Å². The zero-order valence-corrected chi connectivity index (χ0v) is 12.6. The quantitative estimate of drug-likeness (QED) is 0.921. The fourth-order valence-electron chi connectivity index (χ4n) is 2.65. The van der Waals surface area contributed by atoms with Gasteiger partial charge in [-0.05, 0) is 18.7 Å². The van der Waals surface area contributed by atoms with Crippen molar-refractivity contribution < 1.29 is 8.42 Å². The Morgan fingerprint density at radius 2 is 1.95 bits per heavy atom. The number of H-pyrrole nitrogens is 1. The number of nitrogens with one attached hydrogen (secondary N) is 1. The third-order valence-corrected chi connectivity index (χ3v) is 5.62. The van der Waals surface area contributed by atoms with E-state index in [1.165, 1.54) is 12.3 Å². The van der Waals surface area contributed by atoms with Crippen molar-refractivity contribution in [1.29, 1.82) is 0 Å². The number of piperazine rings is 1. The molecule has 1 fully saturated rings. The van der Waals surface area contributed by atoms with Gasteiger partial charge in [0, 0.05) is 19.6 Å². The predicted octanol–water partition coefficient (Wildman–Crippen LogP) is 1.09. The van der Waals surface area contributed by atoms with Gasteiger partial charge in [-0.2, -0.15) is 9.40 Å². The fraction of sp³-hybridized carbons (Fsp3) is 0.357. The maximum atomic E-state index is 12.8. The molecule has 1 aliphatic heterocycles. The van der Waals surface area contributed by atoms with Gasteiger partial charge in [-0.1, -0.05) is 30.3 Å². The number of benzene rings is 1. The molecule has 2 heterocycles. The topological polar surface area (TPSA) is 69.3 Å². The van der Waals surface area contributed by atoms with E-state index in [2.05, 4.69) is 15.1 Å². The lowest BCUT2D eigenvalue weighted by molar-refractivity contribution is 0.160. The SMILES string of the molecule is CN1CCN(S(=O)(=O)c2ccn[nH]2)C(c2ccccc2)C1. The molecule has 1 unspecified atom stereocenters. The van der Waals surface area contributed by atoms with Crippen molar-refractivity contribution in [1.82, 2.24) is 19.4 Å². The van der Waals surface area contributed by atoms with Crippen LogP contribution in [-0.2, 0) is 10.0 Å². The first kappa shape index (κ1) is 14.2. The molecule has 0 spiro atoms. The molecule has 1 aliphatic rings. The van der Waals surface area contributed by atoms with Gasteiger partial charge in [-0.3, -0.25) is 5.10 Å². The summed E-state index contributed by atoms with van der Waals surface area (Å²) < 4.78 is 27.1. The molecule has 2 aromatic rings. The van der Waals surface area contributed by atoms with Gasteiger partial charge in [0.15, 0.2) is 5.03 Å². The molecule has 1 atom stereocenters. The van der Waals surface area contributed by atoms with Crippen LogP contribution in [0.3, 0.4) is 0 Å². The highest BCUT2D eigenvalue weighted by atomic mass is 32.2. The summed E-state index contributed by atoms with van der Waals surface area (Å²) >= 11 is 0. The minimum absolute atomic E-state index is 0.146. The maximum Gasteiger partial charge on any atom is 0.260 e. The normalized spacial score (nSPS) is 21.5. The molecule has 3 rings (SSSR count). The fourth-order valence-corrected chi connectivity index (χ4v) is 4.15. The van der Waals surface area contributed by atoms with Crippen LogP contribution in [0.5, 0.6) is 0 Å². The van der Waals surface area contributed by atoms with Crippen LogP contribution in [0, 0.1) is 0 Å². The standard InChI is InChI=1S/C14H18N4O2S/c1-17-9-10-18(21(19,20)14-7-8-15-16-14)13(11-17)12-5-3-2-4-6-12/h2-8,13H,9-11H2,1H3,(H,15,16). The van der Waals surface area contributed by atoms with E-state index < -0.39 is 10.0 Å². The highest BCUT2D eigenvalue weighted by molar-refractivity contribution is 7.89. The van der Waals surface area contributed by atoms with Crippen LogP contribution >= 0.6 is 0 Å². The molecule has 1 aromatic heterocycles. The summed E-state index contributed by atoms with van der Waals surface area (Å²) in [5, 5.41) is 6.47. The summed E-state index contributed by atoms with van der Waals surface area (Å²) in [4.78, 5) is 2.15. The van der Waals surface area contributed by atoms with Crippen LogP contribution in [0.25, 0.3) is 0 Å². The van der Waals surface area contributed by atoms with Crippen LogP contribution in [0.2, 0.25) is 0 Å². The van der Waals surface area contributed by atoms with E-state index in [1.54, 1.807) is 4.31 Å². The van der Waals surface area contributed by atoms with Gasteiger partial charge in [-0.25, -0.2) is 8.42 Å².